The summed E-state index contributed by atoms with van der Waals surface area (Å²) in [5, 5.41) is 11.6. The van der Waals surface area contributed by atoms with Crippen molar-refractivity contribution in [3.05, 3.63) is 29.8 Å². The lowest BCUT2D eigenvalue weighted by Crippen LogP contribution is -2.45. The molecule has 0 radical (unpaired) electrons. The molecule has 25 heavy (non-hydrogen) atoms. The topological polar surface area (TPSA) is 95.9 Å². The molecule has 1 aliphatic rings. The molecule has 1 heterocycles. The first-order chi connectivity index (χ1) is 11.6. The van der Waals surface area contributed by atoms with Crippen molar-refractivity contribution >= 4 is 36.3 Å². The van der Waals surface area contributed by atoms with E-state index in [1.165, 1.54) is 17.0 Å². The Labute approximate surface area is 151 Å². The van der Waals surface area contributed by atoms with Gasteiger partial charge in [0.25, 0.3) is 0 Å². The van der Waals surface area contributed by atoms with Crippen LogP contribution in [0, 0.1) is 0 Å². The van der Waals surface area contributed by atoms with E-state index in [4.69, 9.17) is 9.84 Å². The van der Waals surface area contributed by atoms with E-state index in [0.717, 1.165) is 0 Å². The molecule has 2 amide bonds. The summed E-state index contributed by atoms with van der Waals surface area (Å²) >= 11 is 4.37. The molecule has 0 aromatic heterocycles. The molecule has 136 valence electrons. The number of anilines is 1. The Morgan fingerprint density at radius 2 is 2.00 bits per heavy atom. The van der Waals surface area contributed by atoms with Crippen LogP contribution in [0.25, 0.3) is 0 Å². The fourth-order valence-corrected chi connectivity index (χ4v) is 2.92. The van der Waals surface area contributed by atoms with Gasteiger partial charge in [0, 0.05) is 17.5 Å². The van der Waals surface area contributed by atoms with Crippen molar-refractivity contribution in [1.82, 2.24) is 4.90 Å². The molecule has 2 rings (SSSR count). The third kappa shape index (κ3) is 5.12. The van der Waals surface area contributed by atoms with Crippen LogP contribution in [0.3, 0.4) is 0 Å². The Balaban J connectivity index is 2.12. The van der Waals surface area contributed by atoms with Gasteiger partial charge in [-0.1, -0.05) is 6.07 Å². The van der Waals surface area contributed by atoms with Crippen molar-refractivity contribution in [2.75, 3.05) is 11.9 Å². The van der Waals surface area contributed by atoms with Crippen LogP contribution in [0.15, 0.2) is 24.3 Å². The van der Waals surface area contributed by atoms with E-state index in [1.807, 2.05) is 0 Å². The van der Waals surface area contributed by atoms with Crippen molar-refractivity contribution in [3.63, 3.8) is 0 Å². The second-order valence-electron chi connectivity index (χ2n) is 6.91. The summed E-state index contributed by atoms with van der Waals surface area (Å²) in [5.74, 6) is -1.48. The van der Waals surface area contributed by atoms with Gasteiger partial charge in [0.05, 0.1) is 5.56 Å². The van der Waals surface area contributed by atoms with Crippen molar-refractivity contribution in [2.45, 2.75) is 44.1 Å². The van der Waals surface area contributed by atoms with Gasteiger partial charge in [0.1, 0.15) is 11.6 Å². The third-order valence-corrected chi connectivity index (χ3v) is 3.96. The number of hydrogen-bond donors (Lipinski definition) is 3. The van der Waals surface area contributed by atoms with Crippen LogP contribution in [0.5, 0.6) is 0 Å². The number of aromatic carboxylic acids is 1. The maximum absolute atomic E-state index is 12.6. The molecule has 7 nitrogen and oxygen atoms in total. The fourth-order valence-electron chi connectivity index (χ4n) is 2.54. The van der Waals surface area contributed by atoms with Crippen LogP contribution in [-0.2, 0) is 9.53 Å². The number of likely N-dealkylation sites (tertiary alicyclic amines) is 1. The molecule has 0 aliphatic carbocycles. The van der Waals surface area contributed by atoms with E-state index in [0.29, 0.717) is 18.7 Å². The van der Waals surface area contributed by atoms with Crippen molar-refractivity contribution in [3.8, 4) is 0 Å². The largest absolute Gasteiger partial charge is 0.478 e. The highest BCUT2D eigenvalue weighted by Crippen LogP contribution is 2.25. The average molecular weight is 366 g/mol. The molecule has 1 aliphatic heterocycles. The number of rotatable bonds is 3. The molecule has 2 N–H and O–H groups in total. The number of carbonyl (C=O) groups is 3. The molecule has 0 bridgehead atoms. The monoisotopic (exact) mass is 366 g/mol. The standard InChI is InChI=1S/C17H22N2O5S/c1-17(2,3)24-16(23)19-9-12(25)8-13(19)14(20)18-11-6-4-5-10(7-11)15(21)22/h4-7,12-13,25H,8-9H2,1-3H3,(H,18,20)(H,21,22). The number of benzene rings is 1. The number of ether oxygens (including phenoxy) is 1. The number of carbonyl (C=O) groups excluding carboxylic acids is 2. The molecule has 2 unspecified atom stereocenters. The fraction of sp³-hybridized carbons (Fsp3) is 0.471. The number of nitrogens with zero attached hydrogens (tertiary/aromatic N) is 1. The summed E-state index contributed by atoms with van der Waals surface area (Å²) in [7, 11) is 0. The van der Waals surface area contributed by atoms with Gasteiger partial charge in [-0.15, -0.1) is 0 Å². The second kappa shape index (κ2) is 7.35. The molecule has 1 aromatic carbocycles. The highest BCUT2D eigenvalue weighted by Gasteiger charge is 2.40. The number of thiol groups is 1. The smallest absolute Gasteiger partial charge is 0.411 e. The Bertz CT molecular complexity index is 686. The predicted octanol–water partition coefficient (Wildman–Crippen LogP) is 2.63. The van der Waals surface area contributed by atoms with Gasteiger partial charge in [-0.2, -0.15) is 12.6 Å². The first kappa shape index (κ1) is 19.1. The molecular weight excluding hydrogens is 344 g/mol. The maximum atomic E-state index is 12.6. The Morgan fingerprint density at radius 1 is 1.32 bits per heavy atom. The summed E-state index contributed by atoms with van der Waals surface area (Å²) in [6.45, 7) is 5.58. The Hall–Kier alpha value is -2.22. The first-order valence-corrected chi connectivity index (χ1v) is 8.40. The number of carboxylic acids is 1. The van der Waals surface area contributed by atoms with Gasteiger partial charge in [0.2, 0.25) is 5.91 Å². The zero-order valence-electron chi connectivity index (χ0n) is 14.4. The minimum atomic E-state index is -1.08. The lowest BCUT2D eigenvalue weighted by atomic mass is 10.1. The number of hydrogen-bond acceptors (Lipinski definition) is 5. The molecule has 0 saturated carbocycles. The Morgan fingerprint density at radius 3 is 2.60 bits per heavy atom. The first-order valence-electron chi connectivity index (χ1n) is 7.89. The number of amides is 2. The number of carboxylic acid groups (broad SMARTS) is 1. The van der Waals surface area contributed by atoms with Gasteiger partial charge in [-0.25, -0.2) is 9.59 Å². The van der Waals surface area contributed by atoms with Gasteiger partial charge < -0.3 is 15.2 Å². The van der Waals surface area contributed by atoms with Crippen molar-refractivity contribution < 1.29 is 24.2 Å². The quantitative estimate of drug-likeness (QED) is 0.715. The van der Waals surface area contributed by atoms with E-state index in [1.54, 1.807) is 32.9 Å². The predicted molar refractivity (Wildman–Crippen MR) is 96.2 cm³/mol. The summed E-state index contributed by atoms with van der Waals surface area (Å²) in [4.78, 5) is 37.3. The normalized spacial score (nSPS) is 20.2. The van der Waals surface area contributed by atoms with Crippen molar-refractivity contribution in [2.24, 2.45) is 0 Å². The molecule has 1 fully saturated rings. The maximum Gasteiger partial charge on any atom is 0.411 e. The summed E-state index contributed by atoms with van der Waals surface area (Å²) in [5.41, 5.74) is -0.236. The average Bonchev–Trinajstić information content (AvgIpc) is 2.88. The Kier molecular flexibility index (Phi) is 5.62. The van der Waals surface area contributed by atoms with E-state index >= 15 is 0 Å². The SMILES string of the molecule is CC(C)(C)OC(=O)N1CC(S)CC1C(=O)Nc1cccc(C(=O)O)c1. The van der Waals surface area contributed by atoms with E-state index in [-0.39, 0.29) is 10.8 Å². The second-order valence-corrected chi connectivity index (χ2v) is 7.64. The molecular formula is C17H22N2O5S. The lowest BCUT2D eigenvalue weighted by molar-refractivity contribution is -0.120. The minimum Gasteiger partial charge on any atom is -0.478 e. The minimum absolute atomic E-state index is 0.0697. The summed E-state index contributed by atoms with van der Waals surface area (Å²) in [6.07, 6.45) is -0.171. The number of nitrogens with one attached hydrogen (secondary N) is 1. The molecule has 2 atom stereocenters. The molecule has 8 heteroatoms. The van der Waals surface area contributed by atoms with Crippen LogP contribution in [0.1, 0.15) is 37.6 Å². The zero-order valence-corrected chi connectivity index (χ0v) is 15.2. The van der Waals surface area contributed by atoms with Gasteiger partial charge in [0.15, 0.2) is 0 Å². The van der Waals surface area contributed by atoms with Crippen LogP contribution in [0.2, 0.25) is 0 Å². The lowest BCUT2D eigenvalue weighted by Gasteiger charge is -2.28. The highest BCUT2D eigenvalue weighted by molar-refractivity contribution is 7.81. The van der Waals surface area contributed by atoms with Gasteiger partial charge >= 0.3 is 12.1 Å². The molecule has 1 saturated heterocycles. The van der Waals surface area contributed by atoms with Crippen LogP contribution >= 0.6 is 12.6 Å². The van der Waals surface area contributed by atoms with Crippen LogP contribution in [-0.4, -0.2) is 51.4 Å². The third-order valence-electron chi connectivity index (χ3n) is 3.59. The van der Waals surface area contributed by atoms with E-state index in [9.17, 15) is 14.4 Å². The van der Waals surface area contributed by atoms with Gasteiger partial charge in [-0.05, 0) is 45.4 Å². The summed E-state index contributed by atoms with van der Waals surface area (Å²) < 4.78 is 5.35. The van der Waals surface area contributed by atoms with Crippen LogP contribution in [0.4, 0.5) is 10.5 Å². The molecule has 1 aromatic rings. The zero-order chi connectivity index (χ0) is 18.8. The highest BCUT2D eigenvalue weighted by atomic mass is 32.1. The van der Waals surface area contributed by atoms with E-state index in [2.05, 4.69) is 17.9 Å². The summed E-state index contributed by atoms with van der Waals surface area (Å²) in [6, 6.07) is 5.22. The molecule has 0 spiro atoms. The van der Waals surface area contributed by atoms with Crippen LogP contribution < -0.4 is 5.32 Å². The van der Waals surface area contributed by atoms with Gasteiger partial charge in [-0.3, -0.25) is 9.69 Å². The van der Waals surface area contributed by atoms with E-state index < -0.39 is 29.6 Å². The van der Waals surface area contributed by atoms with Crippen molar-refractivity contribution in [1.29, 1.82) is 0 Å².